The lowest BCUT2D eigenvalue weighted by atomic mass is 10.3. The summed E-state index contributed by atoms with van der Waals surface area (Å²) >= 11 is 0. The molecule has 0 bridgehead atoms. The zero-order valence-electron chi connectivity index (χ0n) is 12.1. The Hall–Kier alpha value is -0.380. The summed E-state index contributed by atoms with van der Waals surface area (Å²) in [5.41, 5.74) is 0. The van der Waals surface area contributed by atoms with E-state index in [9.17, 15) is 21.6 Å². The molecule has 2 rings (SSSR count). The maximum Gasteiger partial charge on any atom is 0.401 e. The number of alkyl halides is 3. The molecule has 1 saturated carbocycles. The molecule has 1 aliphatic heterocycles. The molecule has 5 nitrogen and oxygen atoms in total. The van der Waals surface area contributed by atoms with Crippen molar-refractivity contribution in [2.45, 2.75) is 37.2 Å². The predicted octanol–water partition coefficient (Wildman–Crippen LogP) is 0.637. The Morgan fingerprint density at radius 3 is 2.24 bits per heavy atom. The van der Waals surface area contributed by atoms with Crippen molar-refractivity contribution in [1.29, 1.82) is 0 Å². The standard InChI is InChI=1S/C12H22F3N3O2S/c1-10(8-16-11-2-3-11)21(19,20)18-6-4-17(5-7-18)9-12(13,14)15/h10-11,16H,2-9H2,1H3. The Morgan fingerprint density at radius 2 is 1.76 bits per heavy atom. The molecule has 2 fully saturated rings. The molecule has 0 spiro atoms. The molecule has 1 aliphatic carbocycles. The third kappa shape index (κ3) is 5.08. The number of sulfonamides is 1. The molecular formula is C12H22F3N3O2S. The minimum Gasteiger partial charge on any atom is -0.313 e. The highest BCUT2D eigenvalue weighted by atomic mass is 32.2. The molecule has 0 radical (unpaired) electrons. The molecule has 0 aromatic rings. The van der Waals surface area contributed by atoms with Gasteiger partial charge in [-0.2, -0.15) is 17.5 Å². The molecule has 1 unspecified atom stereocenters. The second-order valence-electron chi connectivity index (χ2n) is 5.83. The molecule has 1 atom stereocenters. The van der Waals surface area contributed by atoms with Gasteiger partial charge >= 0.3 is 6.18 Å². The fourth-order valence-electron chi connectivity index (χ4n) is 2.38. The van der Waals surface area contributed by atoms with E-state index in [2.05, 4.69) is 5.32 Å². The highest BCUT2D eigenvalue weighted by Crippen LogP contribution is 2.21. The number of hydrogen-bond donors (Lipinski definition) is 1. The molecule has 9 heteroatoms. The SMILES string of the molecule is CC(CNC1CC1)S(=O)(=O)N1CCN(CC(F)(F)F)CC1. The lowest BCUT2D eigenvalue weighted by Crippen LogP contribution is -2.53. The maximum atomic E-state index is 12.4. The number of nitrogens with zero attached hydrogens (tertiary/aromatic N) is 2. The first-order valence-corrected chi connectivity index (χ1v) is 8.70. The average molecular weight is 329 g/mol. The Balaban J connectivity index is 1.81. The van der Waals surface area contributed by atoms with Gasteiger partial charge < -0.3 is 5.32 Å². The van der Waals surface area contributed by atoms with Crippen LogP contribution in [0.3, 0.4) is 0 Å². The van der Waals surface area contributed by atoms with Crippen molar-refractivity contribution in [1.82, 2.24) is 14.5 Å². The second kappa shape index (κ2) is 6.39. The molecule has 124 valence electrons. The van der Waals surface area contributed by atoms with Crippen molar-refractivity contribution in [3.8, 4) is 0 Å². The van der Waals surface area contributed by atoms with E-state index in [1.807, 2.05) is 0 Å². The van der Waals surface area contributed by atoms with Crippen molar-refractivity contribution in [2.24, 2.45) is 0 Å². The van der Waals surface area contributed by atoms with Crippen LogP contribution in [0.4, 0.5) is 13.2 Å². The molecule has 0 amide bonds. The predicted molar refractivity (Wildman–Crippen MR) is 73.5 cm³/mol. The van der Waals surface area contributed by atoms with Crippen LogP contribution in [0.15, 0.2) is 0 Å². The topological polar surface area (TPSA) is 52.7 Å². The van der Waals surface area contributed by atoms with E-state index >= 15 is 0 Å². The first-order chi connectivity index (χ1) is 9.68. The van der Waals surface area contributed by atoms with Gasteiger partial charge in [0.15, 0.2) is 0 Å². The van der Waals surface area contributed by atoms with Gasteiger partial charge in [-0.15, -0.1) is 0 Å². The van der Waals surface area contributed by atoms with E-state index in [1.54, 1.807) is 6.92 Å². The number of piperazine rings is 1. The number of hydrogen-bond acceptors (Lipinski definition) is 4. The minimum absolute atomic E-state index is 0.127. The minimum atomic E-state index is -4.23. The monoisotopic (exact) mass is 329 g/mol. The smallest absolute Gasteiger partial charge is 0.313 e. The summed E-state index contributed by atoms with van der Waals surface area (Å²) in [7, 11) is -3.43. The van der Waals surface area contributed by atoms with E-state index in [4.69, 9.17) is 0 Å². The lowest BCUT2D eigenvalue weighted by Gasteiger charge is -2.35. The van der Waals surface area contributed by atoms with Crippen molar-refractivity contribution in [2.75, 3.05) is 39.3 Å². The summed E-state index contributed by atoms with van der Waals surface area (Å²) in [5, 5.41) is 2.63. The van der Waals surface area contributed by atoms with E-state index in [0.29, 0.717) is 12.6 Å². The molecule has 1 saturated heterocycles. The molecule has 0 aromatic heterocycles. The highest BCUT2D eigenvalue weighted by Gasteiger charge is 2.36. The van der Waals surface area contributed by atoms with E-state index in [-0.39, 0.29) is 26.2 Å². The molecule has 1 N–H and O–H groups in total. The third-order valence-electron chi connectivity index (χ3n) is 3.87. The summed E-state index contributed by atoms with van der Waals surface area (Å²) in [4.78, 5) is 1.25. The van der Waals surface area contributed by atoms with Gasteiger partial charge in [0.25, 0.3) is 0 Å². The normalized spacial score (nSPS) is 24.2. The Kier molecular flexibility index (Phi) is 5.17. The van der Waals surface area contributed by atoms with Crippen LogP contribution in [0.25, 0.3) is 0 Å². The fraction of sp³-hybridized carbons (Fsp3) is 1.00. The van der Waals surface area contributed by atoms with Crippen LogP contribution in [0, 0.1) is 0 Å². The van der Waals surface area contributed by atoms with Gasteiger partial charge in [-0.3, -0.25) is 4.90 Å². The van der Waals surface area contributed by atoms with Gasteiger partial charge in [-0.25, -0.2) is 8.42 Å². The van der Waals surface area contributed by atoms with Crippen LogP contribution < -0.4 is 5.32 Å². The van der Waals surface area contributed by atoms with Crippen LogP contribution in [0.1, 0.15) is 19.8 Å². The fourth-order valence-corrected chi connectivity index (χ4v) is 3.86. The van der Waals surface area contributed by atoms with Gasteiger partial charge in [0.2, 0.25) is 10.0 Å². The van der Waals surface area contributed by atoms with Gasteiger partial charge in [0, 0.05) is 38.8 Å². The van der Waals surface area contributed by atoms with Crippen LogP contribution in [0.2, 0.25) is 0 Å². The van der Waals surface area contributed by atoms with Gasteiger partial charge in [0.1, 0.15) is 0 Å². The van der Waals surface area contributed by atoms with Crippen molar-refractivity contribution in [3.63, 3.8) is 0 Å². The third-order valence-corrected chi connectivity index (χ3v) is 6.14. The number of rotatable bonds is 6. The highest BCUT2D eigenvalue weighted by molar-refractivity contribution is 7.89. The maximum absolute atomic E-state index is 12.4. The van der Waals surface area contributed by atoms with Gasteiger partial charge in [0.05, 0.1) is 11.8 Å². The van der Waals surface area contributed by atoms with Crippen LogP contribution >= 0.6 is 0 Å². The van der Waals surface area contributed by atoms with Crippen molar-refractivity contribution >= 4 is 10.0 Å². The summed E-state index contributed by atoms with van der Waals surface area (Å²) in [5.74, 6) is 0. The van der Waals surface area contributed by atoms with E-state index in [0.717, 1.165) is 12.8 Å². The largest absolute Gasteiger partial charge is 0.401 e. The molecule has 21 heavy (non-hydrogen) atoms. The summed E-state index contributed by atoms with van der Waals surface area (Å²) < 4.78 is 62.9. The Bertz CT molecular complexity index is 443. The summed E-state index contributed by atoms with van der Waals surface area (Å²) in [6, 6.07) is 0.436. The van der Waals surface area contributed by atoms with E-state index < -0.39 is 28.0 Å². The van der Waals surface area contributed by atoms with Gasteiger partial charge in [-0.1, -0.05) is 0 Å². The van der Waals surface area contributed by atoms with Crippen LogP contribution in [-0.2, 0) is 10.0 Å². The zero-order valence-corrected chi connectivity index (χ0v) is 12.9. The molecular weight excluding hydrogens is 307 g/mol. The lowest BCUT2D eigenvalue weighted by molar-refractivity contribution is -0.148. The molecule has 0 aromatic carbocycles. The summed E-state index contributed by atoms with van der Waals surface area (Å²) in [6.07, 6.45) is -2.06. The first kappa shape index (κ1) is 17.0. The van der Waals surface area contributed by atoms with Crippen molar-refractivity contribution < 1.29 is 21.6 Å². The Morgan fingerprint density at radius 1 is 1.19 bits per heavy atom. The zero-order chi connectivity index (χ0) is 15.7. The Labute approximate surface area is 123 Å². The van der Waals surface area contributed by atoms with Crippen LogP contribution in [0.5, 0.6) is 0 Å². The van der Waals surface area contributed by atoms with E-state index in [1.165, 1.54) is 9.21 Å². The number of nitrogens with one attached hydrogen (secondary N) is 1. The quantitative estimate of drug-likeness (QED) is 0.777. The van der Waals surface area contributed by atoms with Crippen LogP contribution in [-0.4, -0.2) is 74.4 Å². The molecule has 1 heterocycles. The number of halogens is 3. The first-order valence-electron chi connectivity index (χ1n) is 7.20. The average Bonchev–Trinajstić information content (AvgIpc) is 3.18. The van der Waals surface area contributed by atoms with Gasteiger partial charge in [-0.05, 0) is 19.8 Å². The van der Waals surface area contributed by atoms with Crippen molar-refractivity contribution in [3.05, 3.63) is 0 Å². The summed E-state index contributed by atoms with van der Waals surface area (Å²) in [6.45, 7) is 1.59. The second-order valence-corrected chi connectivity index (χ2v) is 8.18. The molecule has 2 aliphatic rings.